The van der Waals surface area contributed by atoms with Crippen molar-refractivity contribution in [2.75, 3.05) is 11.9 Å². The van der Waals surface area contributed by atoms with Crippen LogP contribution in [0.5, 0.6) is 0 Å². The van der Waals surface area contributed by atoms with Gasteiger partial charge in [-0.2, -0.15) is 4.98 Å². The molecule has 1 fully saturated rings. The molecule has 1 heterocycles. The first kappa shape index (κ1) is 12.0. The zero-order chi connectivity index (χ0) is 12.3. The van der Waals surface area contributed by atoms with E-state index in [0.717, 1.165) is 18.7 Å². The number of anilines is 1. The molecular formula is C12H18N2O3. The second kappa shape index (κ2) is 5.21. The van der Waals surface area contributed by atoms with Crippen LogP contribution < -0.4 is 5.32 Å². The zero-order valence-corrected chi connectivity index (χ0v) is 9.98. The molecule has 1 aliphatic rings. The fraction of sp³-hybridized carbons (Fsp3) is 0.667. The minimum absolute atomic E-state index is 0.0511. The van der Waals surface area contributed by atoms with Gasteiger partial charge in [-0.15, -0.1) is 0 Å². The van der Waals surface area contributed by atoms with Gasteiger partial charge in [-0.1, -0.05) is 19.8 Å². The Morgan fingerprint density at radius 1 is 1.53 bits per heavy atom. The highest BCUT2D eigenvalue weighted by molar-refractivity contribution is 5.85. The summed E-state index contributed by atoms with van der Waals surface area (Å²) in [5.41, 5.74) is -0.0511. The number of nitrogens with zero attached hydrogens (tertiary/aromatic N) is 1. The number of nitrogens with one attached hydrogen (secondary N) is 1. The molecule has 1 aliphatic carbocycles. The number of carboxylic acid groups (broad SMARTS) is 1. The first-order chi connectivity index (χ1) is 8.15. The molecule has 1 aromatic rings. The van der Waals surface area contributed by atoms with E-state index >= 15 is 0 Å². The predicted octanol–water partition coefficient (Wildman–Crippen LogP) is 2.61. The fourth-order valence-electron chi connectivity index (χ4n) is 2.22. The summed E-state index contributed by atoms with van der Waals surface area (Å²) in [7, 11) is 0. The molecule has 1 saturated carbocycles. The maximum Gasteiger partial charge on any atom is 0.357 e. The third kappa shape index (κ3) is 3.22. The molecule has 0 unspecified atom stereocenters. The van der Waals surface area contributed by atoms with E-state index in [4.69, 9.17) is 9.52 Å². The van der Waals surface area contributed by atoms with Gasteiger partial charge in [0.15, 0.2) is 5.69 Å². The highest BCUT2D eigenvalue weighted by Crippen LogP contribution is 2.28. The first-order valence-corrected chi connectivity index (χ1v) is 6.08. The van der Waals surface area contributed by atoms with Crippen molar-refractivity contribution in [3.8, 4) is 0 Å². The summed E-state index contributed by atoms with van der Waals surface area (Å²) in [5.74, 6) is 0.422. The fourth-order valence-corrected chi connectivity index (χ4v) is 2.22. The molecule has 2 rings (SSSR count). The Labute approximate surface area is 100 Å². The van der Waals surface area contributed by atoms with E-state index in [0.29, 0.717) is 11.9 Å². The lowest BCUT2D eigenvalue weighted by molar-refractivity contribution is 0.0690. The van der Waals surface area contributed by atoms with Gasteiger partial charge in [0.25, 0.3) is 6.01 Å². The number of aromatic carboxylic acids is 1. The lowest BCUT2D eigenvalue weighted by Crippen LogP contribution is -2.20. The topological polar surface area (TPSA) is 75.4 Å². The van der Waals surface area contributed by atoms with Gasteiger partial charge in [0, 0.05) is 6.54 Å². The van der Waals surface area contributed by atoms with Crippen molar-refractivity contribution in [1.29, 1.82) is 0 Å². The van der Waals surface area contributed by atoms with E-state index in [1.54, 1.807) is 0 Å². The van der Waals surface area contributed by atoms with Crippen LogP contribution in [0, 0.1) is 11.8 Å². The molecule has 0 aromatic carbocycles. The molecule has 0 amide bonds. The summed E-state index contributed by atoms with van der Waals surface area (Å²) in [6, 6.07) is 0.307. The van der Waals surface area contributed by atoms with Gasteiger partial charge in [0.2, 0.25) is 0 Å². The van der Waals surface area contributed by atoms with Gasteiger partial charge < -0.3 is 14.8 Å². The number of carbonyl (C=O) groups is 1. The van der Waals surface area contributed by atoms with Gasteiger partial charge >= 0.3 is 5.97 Å². The predicted molar refractivity (Wildman–Crippen MR) is 63.1 cm³/mol. The third-order valence-corrected chi connectivity index (χ3v) is 3.40. The Morgan fingerprint density at radius 2 is 2.24 bits per heavy atom. The largest absolute Gasteiger partial charge is 0.476 e. The van der Waals surface area contributed by atoms with E-state index in [1.807, 2.05) is 0 Å². The minimum Gasteiger partial charge on any atom is -0.476 e. The van der Waals surface area contributed by atoms with Crippen molar-refractivity contribution in [2.45, 2.75) is 32.6 Å². The van der Waals surface area contributed by atoms with Crippen LogP contribution in [-0.2, 0) is 0 Å². The number of hydrogen-bond acceptors (Lipinski definition) is 4. The van der Waals surface area contributed by atoms with Crippen LogP contribution >= 0.6 is 0 Å². The number of oxazole rings is 1. The van der Waals surface area contributed by atoms with Crippen molar-refractivity contribution in [3.63, 3.8) is 0 Å². The molecule has 0 aliphatic heterocycles. The number of aromatic nitrogens is 1. The average Bonchev–Trinajstić information content (AvgIpc) is 2.77. The normalized spacial score (nSPS) is 24.5. The van der Waals surface area contributed by atoms with E-state index < -0.39 is 5.97 Å². The lowest BCUT2D eigenvalue weighted by Gasteiger charge is -2.25. The van der Waals surface area contributed by atoms with Crippen molar-refractivity contribution in [1.82, 2.24) is 4.98 Å². The van der Waals surface area contributed by atoms with Crippen LogP contribution in [0.2, 0.25) is 0 Å². The number of carboxylic acids is 1. The summed E-state index contributed by atoms with van der Waals surface area (Å²) >= 11 is 0. The molecule has 1 aromatic heterocycles. The third-order valence-electron chi connectivity index (χ3n) is 3.40. The Kier molecular flexibility index (Phi) is 3.66. The van der Waals surface area contributed by atoms with Crippen LogP contribution in [0.3, 0.4) is 0 Å². The van der Waals surface area contributed by atoms with E-state index in [-0.39, 0.29) is 5.69 Å². The first-order valence-electron chi connectivity index (χ1n) is 6.08. The molecule has 2 N–H and O–H groups in total. The molecule has 0 atom stereocenters. The molecule has 0 spiro atoms. The van der Waals surface area contributed by atoms with Crippen molar-refractivity contribution >= 4 is 12.0 Å². The van der Waals surface area contributed by atoms with E-state index in [2.05, 4.69) is 17.2 Å². The Bertz CT molecular complexity index is 381. The van der Waals surface area contributed by atoms with Gasteiger partial charge in [0.05, 0.1) is 0 Å². The van der Waals surface area contributed by atoms with Crippen molar-refractivity contribution in [3.05, 3.63) is 12.0 Å². The zero-order valence-electron chi connectivity index (χ0n) is 9.98. The Hall–Kier alpha value is -1.52. The minimum atomic E-state index is -1.06. The van der Waals surface area contributed by atoms with Crippen LogP contribution in [0.4, 0.5) is 6.01 Å². The summed E-state index contributed by atoms with van der Waals surface area (Å²) in [6.45, 7) is 3.10. The second-order valence-electron chi connectivity index (χ2n) is 4.85. The van der Waals surface area contributed by atoms with Crippen LogP contribution in [0.25, 0.3) is 0 Å². The highest BCUT2D eigenvalue weighted by Gasteiger charge is 2.18. The van der Waals surface area contributed by atoms with E-state index in [9.17, 15) is 4.79 Å². The smallest absolute Gasteiger partial charge is 0.357 e. The molecule has 17 heavy (non-hydrogen) atoms. The molecular weight excluding hydrogens is 220 g/mol. The maximum absolute atomic E-state index is 10.6. The summed E-state index contributed by atoms with van der Waals surface area (Å²) in [4.78, 5) is 14.4. The number of hydrogen-bond donors (Lipinski definition) is 2. The molecule has 94 valence electrons. The molecule has 0 radical (unpaired) electrons. The molecule has 0 bridgehead atoms. The van der Waals surface area contributed by atoms with Crippen LogP contribution in [-0.4, -0.2) is 22.6 Å². The van der Waals surface area contributed by atoms with Gasteiger partial charge in [0.1, 0.15) is 6.26 Å². The SMILES string of the molecule is CC1CCC(CNc2nc(C(=O)O)co2)CC1. The summed E-state index contributed by atoms with van der Waals surface area (Å²) in [6.07, 6.45) is 6.16. The van der Waals surface area contributed by atoms with Gasteiger partial charge in [-0.3, -0.25) is 0 Å². The quantitative estimate of drug-likeness (QED) is 0.843. The monoisotopic (exact) mass is 238 g/mol. The van der Waals surface area contributed by atoms with Gasteiger partial charge in [-0.05, 0) is 24.7 Å². The summed E-state index contributed by atoms with van der Waals surface area (Å²) in [5, 5.41) is 11.8. The summed E-state index contributed by atoms with van der Waals surface area (Å²) < 4.78 is 5.04. The van der Waals surface area contributed by atoms with Crippen LogP contribution in [0.15, 0.2) is 10.7 Å². The molecule has 5 nitrogen and oxygen atoms in total. The Morgan fingerprint density at radius 3 is 2.82 bits per heavy atom. The van der Waals surface area contributed by atoms with E-state index in [1.165, 1.54) is 25.7 Å². The van der Waals surface area contributed by atoms with Crippen LogP contribution in [0.1, 0.15) is 43.1 Å². The second-order valence-corrected chi connectivity index (χ2v) is 4.85. The number of rotatable bonds is 4. The van der Waals surface area contributed by atoms with Crippen molar-refractivity contribution < 1.29 is 14.3 Å². The maximum atomic E-state index is 10.6. The van der Waals surface area contributed by atoms with Crippen molar-refractivity contribution in [2.24, 2.45) is 11.8 Å². The average molecular weight is 238 g/mol. The Balaban J connectivity index is 1.79. The molecule has 0 saturated heterocycles. The molecule has 5 heteroatoms. The lowest BCUT2D eigenvalue weighted by atomic mass is 9.83. The standard InChI is InChI=1S/C12H18N2O3/c1-8-2-4-9(5-3-8)6-13-12-14-10(7-17-12)11(15)16/h7-9H,2-6H2,1H3,(H,13,14)(H,15,16). The van der Waals surface area contributed by atoms with Gasteiger partial charge in [-0.25, -0.2) is 4.79 Å². The highest BCUT2D eigenvalue weighted by atomic mass is 16.4.